The highest BCUT2D eigenvalue weighted by atomic mass is 16.5. The molecule has 2 rings (SSSR count). The lowest BCUT2D eigenvalue weighted by molar-refractivity contribution is 0.425. The predicted octanol–water partition coefficient (Wildman–Crippen LogP) is 4.83. The van der Waals surface area contributed by atoms with Crippen LogP contribution >= 0.6 is 0 Å². The Labute approximate surface area is 121 Å². The summed E-state index contributed by atoms with van der Waals surface area (Å²) in [4.78, 5) is 0. The molecule has 2 aromatic rings. The van der Waals surface area contributed by atoms with Gasteiger partial charge in [0.25, 0.3) is 0 Å². The monoisotopic (exact) mass is 272 g/mol. The van der Waals surface area contributed by atoms with Gasteiger partial charge in [0.2, 0.25) is 5.88 Å². The van der Waals surface area contributed by atoms with E-state index in [1.807, 2.05) is 30.3 Å². The second-order valence-corrected chi connectivity index (χ2v) is 5.25. The second kappa shape index (κ2) is 7.73. The third kappa shape index (κ3) is 3.86. The van der Waals surface area contributed by atoms with E-state index in [1.165, 1.54) is 32.1 Å². The summed E-state index contributed by atoms with van der Waals surface area (Å²) in [5.41, 5.74) is 8.97. The van der Waals surface area contributed by atoms with Crippen molar-refractivity contribution >= 4 is 5.88 Å². The van der Waals surface area contributed by atoms with Gasteiger partial charge in [-0.3, -0.25) is 0 Å². The van der Waals surface area contributed by atoms with Crippen LogP contribution in [0.15, 0.2) is 34.9 Å². The molecule has 1 aromatic heterocycles. The van der Waals surface area contributed by atoms with Crippen LogP contribution in [0.4, 0.5) is 5.88 Å². The fraction of sp³-hybridized carbons (Fsp3) is 0.471. The van der Waals surface area contributed by atoms with Gasteiger partial charge >= 0.3 is 0 Å². The summed E-state index contributed by atoms with van der Waals surface area (Å²) in [7, 11) is 0. The van der Waals surface area contributed by atoms with Crippen molar-refractivity contribution in [1.29, 1.82) is 0 Å². The maximum Gasteiger partial charge on any atom is 0.230 e. The van der Waals surface area contributed by atoms with E-state index >= 15 is 0 Å². The number of anilines is 1. The van der Waals surface area contributed by atoms with Gasteiger partial charge in [-0.25, -0.2) is 0 Å². The lowest BCUT2D eigenvalue weighted by Gasteiger charge is -2.03. The van der Waals surface area contributed by atoms with Gasteiger partial charge in [-0.05, 0) is 18.4 Å². The van der Waals surface area contributed by atoms with Gasteiger partial charge in [0.1, 0.15) is 0 Å². The Balaban J connectivity index is 1.93. The van der Waals surface area contributed by atoms with E-state index in [-0.39, 0.29) is 0 Å². The van der Waals surface area contributed by atoms with Crippen LogP contribution in [0, 0.1) is 0 Å². The van der Waals surface area contributed by atoms with Gasteiger partial charge in [-0.2, -0.15) is 0 Å². The lowest BCUT2D eigenvalue weighted by atomic mass is 10.0. The van der Waals surface area contributed by atoms with Crippen molar-refractivity contribution in [2.24, 2.45) is 0 Å². The number of hydrogen-bond donors (Lipinski definition) is 1. The third-order valence-corrected chi connectivity index (χ3v) is 3.62. The zero-order chi connectivity index (χ0) is 14.2. The highest BCUT2D eigenvalue weighted by molar-refractivity contribution is 5.74. The number of nitrogens with two attached hydrogens (primary N) is 1. The molecule has 0 aliphatic carbocycles. The molecule has 3 nitrogen and oxygen atoms in total. The van der Waals surface area contributed by atoms with E-state index in [0.29, 0.717) is 5.88 Å². The van der Waals surface area contributed by atoms with E-state index in [4.69, 9.17) is 10.3 Å². The van der Waals surface area contributed by atoms with Crippen LogP contribution in [-0.4, -0.2) is 5.16 Å². The molecule has 0 amide bonds. The molecule has 1 heterocycles. The van der Waals surface area contributed by atoms with Crippen molar-refractivity contribution in [3.05, 3.63) is 36.0 Å². The van der Waals surface area contributed by atoms with Gasteiger partial charge in [-0.1, -0.05) is 74.5 Å². The van der Waals surface area contributed by atoms with Crippen molar-refractivity contribution in [3.63, 3.8) is 0 Å². The van der Waals surface area contributed by atoms with Crippen molar-refractivity contribution in [3.8, 4) is 11.1 Å². The second-order valence-electron chi connectivity index (χ2n) is 5.25. The van der Waals surface area contributed by atoms with Crippen LogP contribution in [-0.2, 0) is 6.42 Å². The summed E-state index contributed by atoms with van der Waals surface area (Å²) in [6.45, 7) is 2.24. The third-order valence-electron chi connectivity index (χ3n) is 3.62. The van der Waals surface area contributed by atoms with Crippen LogP contribution in [0.3, 0.4) is 0 Å². The summed E-state index contributed by atoms with van der Waals surface area (Å²) in [5, 5.41) is 4.13. The molecule has 0 unspecified atom stereocenters. The highest BCUT2D eigenvalue weighted by Crippen LogP contribution is 2.30. The molecule has 0 bridgehead atoms. The van der Waals surface area contributed by atoms with Gasteiger partial charge in [-0.15, -0.1) is 0 Å². The molecule has 20 heavy (non-hydrogen) atoms. The first-order valence-corrected chi connectivity index (χ1v) is 7.62. The van der Waals surface area contributed by atoms with Gasteiger partial charge in [0.15, 0.2) is 0 Å². The zero-order valence-electron chi connectivity index (χ0n) is 12.3. The number of aryl methyl sites for hydroxylation is 1. The van der Waals surface area contributed by atoms with Crippen molar-refractivity contribution < 1.29 is 4.52 Å². The summed E-state index contributed by atoms with van der Waals surface area (Å²) in [6, 6.07) is 10.1. The highest BCUT2D eigenvalue weighted by Gasteiger charge is 2.14. The normalized spacial score (nSPS) is 10.8. The van der Waals surface area contributed by atoms with Gasteiger partial charge in [0.05, 0.1) is 11.3 Å². The number of aromatic nitrogens is 1. The SMILES string of the molecule is CCCCCCCCc1noc(N)c1-c1ccccc1. The van der Waals surface area contributed by atoms with E-state index < -0.39 is 0 Å². The number of rotatable bonds is 8. The maximum atomic E-state index is 5.91. The van der Waals surface area contributed by atoms with E-state index in [2.05, 4.69) is 12.1 Å². The van der Waals surface area contributed by atoms with Crippen LogP contribution in [0.5, 0.6) is 0 Å². The number of nitrogens with zero attached hydrogens (tertiary/aromatic N) is 1. The fourth-order valence-electron chi connectivity index (χ4n) is 2.49. The standard InChI is InChI=1S/C17H24N2O/c1-2-3-4-5-6-10-13-15-16(17(18)20-19-15)14-11-8-7-9-12-14/h7-9,11-12H,2-6,10,13,18H2,1H3. The molecule has 0 saturated heterocycles. The minimum Gasteiger partial charge on any atom is -0.367 e. The lowest BCUT2D eigenvalue weighted by Crippen LogP contribution is -1.92. The molecule has 0 radical (unpaired) electrons. The number of benzene rings is 1. The quantitative estimate of drug-likeness (QED) is 0.700. The summed E-state index contributed by atoms with van der Waals surface area (Å²) in [6.07, 6.45) is 8.61. The first-order valence-electron chi connectivity index (χ1n) is 7.62. The predicted molar refractivity (Wildman–Crippen MR) is 83.4 cm³/mol. The van der Waals surface area contributed by atoms with Crippen LogP contribution in [0.2, 0.25) is 0 Å². The smallest absolute Gasteiger partial charge is 0.230 e. The van der Waals surface area contributed by atoms with E-state index in [9.17, 15) is 0 Å². The molecule has 3 heteroatoms. The van der Waals surface area contributed by atoms with Crippen LogP contribution in [0.1, 0.15) is 51.1 Å². The fourth-order valence-corrected chi connectivity index (χ4v) is 2.49. The maximum absolute atomic E-state index is 5.91. The van der Waals surface area contributed by atoms with Crippen LogP contribution < -0.4 is 5.73 Å². The molecule has 108 valence electrons. The Morgan fingerprint density at radius 2 is 1.70 bits per heavy atom. The first kappa shape index (κ1) is 14.6. The molecule has 0 spiro atoms. The van der Waals surface area contributed by atoms with E-state index in [1.54, 1.807) is 0 Å². The molecular weight excluding hydrogens is 248 g/mol. The Morgan fingerprint density at radius 3 is 2.45 bits per heavy atom. The number of hydrogen-bond acceptors (Lipinski definition) is 3. The molecule has 1 aromatic carbocycles. The van der Waals surface area contributed by atoms with E-state index in [0.717, 1.165) is 29.7 Å². The molecule has 2 N–H and O–H groups in total. The molecule has 0 aliphatic heterocycles. The summed E-state index contributed by atoms with van der Waals surface area (Å²) >= 11 is 0. The van der Waals surface area contributed by atoms with Gasteiger partial charge < -0.3 is 10.3 Å². The minimum absolute atomic E-state index is 0.428. The summed E-state index contributed by atoms with van der Waals surface area (Å²) < 4.78 is 5.17. The molecule has 0 saturated carbocycles. The van der Waals surface area contributed by atoms with Gasteiger partial charge in [0, 0.05) is 0 Å². The zero-order valence-corrected chi connectivity index (χ0v) is 12.3. The average Bonchev–Trinajstić information content (AvgIpc) is 2.84. The van der Waals surface area contributed by atoms with Crippen LogP contribution in [0.25, 0.3) is 11.1 Å². The number of unbranched alkanes of at least 4 members (excludes halogenated alkanes) is 5. The Hall–Kier alpha value is -1.77. The molecular formula is C17H24N2O. The largest absolute Gasteiger partial charge is 0.367 e. The summed E-state index contributed by atoms with van der Waals surface area (Å²) in [5.74, 6) is 0.428. The van der Waals surface area contributed by atoms with Crippen molar-refractivity contribution in [2.75, 3.05) is 5.73 Å². The topological polar surface area (TPSA) is 52.0 Å². The first-order chi connectivity index (χ1) is 9.83. The number of nitrogen functional groups attached to an aromatic ring is 1. The Kier molecular flexibility index (Phi) is 5.66. The van der Waals surface area contributed by atoms with Crippen molar-refractivity contribution in [1.82, 2.24) is 5.16 Å². The Morgan fingerprint density at radius 1 is 1.00 bits per heavy atom. The Bertz CT molecular complexity index is 505. The molecule has 0 aliphatic rings. The molecule has 0 fully saturated rings. The van der Waals surface area contributed by atoms with Crippen molar-refractivity contribution in [2.45, 2.75) is 51.9 Å². The minimum atomic E-state index is 0.428. The molecule has 0 atom stereocenters. The average molecular weight is 272 g/mol.